The molecule has 5 heteroatoms. The van der Waals surface area contributed by atoms with E-state index in [0.717, 1.165) is 12.0 Å². The second-order valence-corrected chi connectivity index (χ2v) is 13.1. The number of aliphatic imine (C=N–C) groups is 1. The van der Waals surface area contributed by atoms with Gasteiger partial charge in [0.1, 0.15) is 5.84 Å². The molecular weight excluding hydrogens is 629 g/mol. The highest BCUT2D eigenvalue weighted by molar-refractivity contribution is 7.18. The minimum Gasteiger partial charge on any atom is -0.384 e. The Bertz CT molecular complexity index is 2540. The van der Waals surface area contributed by atoms with Crippen LogP contribution in [0.4, 0.5) is 0 Å². The molecule has 3 N–H and O–H groups in total. The van der Waals surface area contributed by atoms with Gasteiger partial charge in [0.25, 0.3) is 0 Å². The third-order valence-electron chi connectivity index (χ3n) is 9.02. The minimum atomic E-state index is 0.121. The molecule has 0 saturated heterocycles. The van der Waals surface area contributed by atoms with Crippen molar-refractivity contribution < 1.29 is 0 Å². The summed E-state index contributed by atoms with van der Waals surface area (Å²) in [5.74, 6) is 0.121. The lowest BCUT2D eigenvalue weighted by Gasteiger charge is -2.17. The van der Waals surface area contributed by atoms with Gasteiger partial charge in [-0.1, -0.05) is 139 Å². The molecule has 244 valence electrons. The maximum Gasteiger partial charge on any atom is 0.122 e. The highest BCUT2D eigenvalue weighted by Crippen LogP contribution is 2.46. The van der Waals surface area contributed by atoms with Gasteiger partial charge in [-0.2, -0.15) is 0 Å². The fraction of sp³-hybridized carbons (Fsp3) is 0.0667. The standard InChI is InChI=1S/C31H22N2S.C7H8N2.C7H8/c1-32-19-21-9-5-8-14-26(21)33-27-16-15-20-17-18-34-31(20)29(27)28-24-12-7-6-11-22(24)23-10-3-2-4-13-25(23)30(28)33;8-7(9)6-4-2-1-3-5-6;1-7-5-3-2-4-6-7/h2-9,11-18H,1,10,19H2;1-5H,(H3,8,9);2-6H,1H3. The van der Waals surface area contributed by atoms with E-state index in [-0.39, 0.29) is 5.84 Å². The zero-order valence-corrected chi connectivity index (χ0v) is 28.8. The number of nitrogens with one attached hydrogen (secondary N) is 1. The van der Waals surface area contributed by atoms with Crippen LogP contribution in [0.25, 0.3) is 54.4 Å². The largest absolute Gasteiger partial charge is 0.384 e. The molecule has 9 rings (SSSR count). The van der Waals surface area contributed by atoms with Gasteiger partial charge in [-0.15, -0.1) is 11.3 Å². The van der Waals surface area contributed by atoms with E-state index in [4.69, 9.17) is 11.1 Å². The number of para-hydroxylation sites is 1. The summed E-state index contributed by atoms with van der Waals surface area (Å²) in [5, 5.41) is 15.9. The predicted molar refractivity (Wildman–Crippen MR) is 217 cm³/mol. The Labute approximate surface area is 296 Å². The number of hydrogen-bond donors (Lipinski definition) is 2. The van der Waals surface area contributed by atoms with Crippen molar-refractivity contribution in [1.82, 2.24) is 4.57 Å². The normalized spacial score (nSPS) is 11.8. The first-order chi connectivity index (χ1) is 24.6. The molecule has 0 amide bonds. The Morgan fingerprint density at radius 2 is 1.50 bits per heavy atom. The molecule has 4 nitrogen and oxygen atoms in total. The molecule has 0 fully saturated rings. The maximum absolute atomic E-state index is 7.01. The molecule has 0 unspecified atom stereocenters. The van der Waals surface area contributed by atoms with Gasteiger partial charge < -0.3 is 10.3 Å². The van der Waals surface area contributed by atoms with Crippen molar-refractivity contribution in [3.8, 4) is 5.69 Å². The summed E-state index contributed by atoms with van der Waals surface area (Å²) in [7, 11) is 0. The molecule has 1 aliphatic rings. The first-order valence-corrected chi connectivity index (χ1v) is 17.6. The predicted octanol–water partition coefficient (Wildman–Crippen LogP) is 11.4. The van der Waals surface area contributed by atoms with E-state index >= 15 is 0 Å². The zero-order valence-electron chi connectivity index (χ0n) is 28.0. The number of nitrogens with two attached hydrogens (primary N) is 1. The van der Waals surface area contributed by atoms with Gasteiger partial charge in [0.2, 0.25) is 0 Å². The van der Waals surface area contributed by atoms with Gasteiger partial charge in [-0.25, -0.2) is 0 Å². The Hall–Kier alpha value is -6.04. The minimum absolute atomic E-state index is 0.121. The van der Waals surface area contributed by atoms with Crippen LogP contribution in [0.15, 0.2) is 156 Å². The second kappa shape index (κ2) is 14.6. The van der Waals surface area contributed by atoms with Gasteiger partial charge >= 0.3 is 0 Å². The number of thiophene rings is 1. The van der Waals surface area contributed by atoms with Crippen LogP contribution in [-0.2, 0) is 13.0 Å². The van der Waals surface area contributed by atoms with Crippen LogP contribution in [-0.4, -0.2) is 17.1 Å². The lowest BCUT2D eigenvalue weighted by Crippen LogP contribution is -2.10. The van der Waals surface area contributed by atoms with Gasteiger partial charge in [-0.05, 0) is 70.9 Å². The molecule has 50 heavy (non-hydrogen) atoms. The van der Waals surface area contributed by atoms with Crippen LogP contribution in [0.3, 0.4) is 0 Å². The zero-order chi connectivity index (χ0) is 34.5. The van der Waals surface area contributed by atoms with E-state index in [1.807, 2.05) is 59.9 Å². The molecule has 8 aromatic rings. The number of nitrogen functional groups attached to an aromatic ring is 1. The molecule has 6 aromatic carbocycles. The van der Waals surface area contributed by atoms with E-state index < -0.39 is 0 Å². The van der Waals surface area contributed by atoms with Crippen LogP contribution in [0.1, 0.15) is 27.8 Å². The van der Waals surface area contributed by atoms with E-state index in [0.29, 0.717) is 6.54 Å². The van der Waals surface area contributed by atoms with Crippen molar-refractivity contribution in [2.24, 2.45) is 10.7 Å². The first kappa shape index (κ1) is 32.5. The number of allylic oxidation sites excluding steroid dienone is 3. The number of rotatable bonds is 4. The first-order valence-electron chi connectivity index (χ1n) is 16.7. The topological polar surface area (TPSA) is 67.2 Å². The van der Waals surface area contributed by atoms with Gasteiger partial charge in [-0.3, -0.25) is 10.4 Å². The Balaban J connectivity index is 0.000000202. The second-order valence-electron chi connectivity index (χ2n) is 12.2. The molecule has 1 aliphatic carbocycles. The highest BCUT2D eigenvalue weighted by atomic mass is 32.1. The number of fused-ring (bicyclic) bond motifs is 10. The van der Waals surface area contributed by atoms with Crippen molar-refractivity contribution in [2.45, 2.75) is 19.9 Å². The van der Waals surface area contributed by atoms with E-state index in [9.17, 15) is 0 Å². The van der Waals surface area contributed by atoms with Gasteiger partial charge in [0.05, 0.1) is 23.3 Å². The average Bonchev–Trinajstić information content (AvgIpc) is 3.68. The van der Waals surface area contributed by atoms with Crippen LogP contribution in [0, 0.1) is 12.3 Å². The number of hydrogen-bond acceptors (Lipinski definition) is 3. The summed E-state index contributed by atoms with van der Waals surface area (Å²) in [6.07, 6.45) is 9.83. The maximum atomic E-state index is 7.01. The van der Waals surface area contributed by atoms with Crippen molar-refractivity contribution in [3.05, 3.63) is 179 Å². The summed E-state index contributed by atoms with van der Waals surface area (Å²) in [5.41, 5.74) is 14.9. The molecule has 0 spiro atoms. The fourth-order valence-electron chi connectivity index (χ4n) is 6.77. The fourth-order valence-corrected chi connectivity index (χ4v) is 7.72. The van der Waals surface area contributed by atoms with E-state index in [1.54, 1.807) is 0 Å². The Kier molecular flexibility index (Phi) is 9.50. The van der Waals surface area contributed by atoms with Crippen LogP contribution in [0.5, 0.6) is 0 Å². The van der Waals surface area contributed by atoms with Crippen molar-refractivity contribution >= 4 is 72.6 Å². The number of benzene rings is 6. The quantitative estimate of drug-likeness (QED) is 0.142. The van der Waals surface area contributed by atoms with Crippen LogP contribution < -0.4 is 5.73 Å². The Morgan fingerprint density at radius 1 is 0.800 bits per heavy atom. The molecule has 0 bridgehead atoms. The van der Waals surface area contributed by atoms with Gasteiger partial charge in [0, 0.05) is 26.6 Å². The summed E-state index contributed by atoms with van der Waals surface area (Å²) in [4.78, 5) is 4.25. The summed E-state index contributed by atoms with van der Waals surface area (Å²) in [6, 6.07) is 43.8. The van der Waals surface area contributed by atoms with Crippen molar-refractivity contribution in [1.29, 1.82) is 5.41 Å². The van der Waals surface area contributed by atoms with Crippen LogP contribution in [0.2, 0.25) is 0 Å². The lowest BCUT2D eigenvalue weighted by molar-refractivity contribution is 1.03. The van der Waals surface area contributed by atoms with E-state index in [1.165, 1.54) is 70.6 Å². The lowest BCUT2D eigenvalue weighted by atomic mass is 9.92. The van der Waals surface area contributed by atoms with Crippen LogP contribution >= 0.6 is 11.3 Å². The average molecular weight is 667 g/mol. The smallest absolute Gasteiger partial charge is 0.122 e. The number of nitrogens with zero attached hydrogens (tertiary/aromatic N) is 2. The molecular formula is C45H38N4S. The SMILES string of the molecule is C=NCc1ccccc1-n1c2ccc3ccsc3c2c2c3ccccc3c3c(c21)C=CC=CC3.Cc1ccccc1.N=C(N)c1ccccc1. The summed E-state index contributed by atoms with van der Waals surface area (Å²) >= 11 is 1.83. The number of aryl methyl sites for hydroxylation is 1. The number of aromatic nitrogens is 1. The van der Waals surface area contributed by atoms with Gasteiger partial charge in [0.15, 0.2) is 0 Å². The molecule has 0 radical (unpaired) electrons. The molecule has 0 saturated carbocycles. The summed E-state index contributed by atoms with van der Waals surface area (Å²) < 4.78 is 3.83. The van der Waals surface area contributed by atoms with E-state index in [2.05, 4.69) is 132 Å². The molecule has 0 atom stereocenters. The monoisotopic (exact) mass is 666 g/mol. The molecule has 2 aromatic heterocycles. The van der Waals surface area contributed by atoms with Crippen molar-refractivity contribution in [3.63, 3.8) is 0 Å². The third-order valence-corrected chi connectivity index (χ3v) is 9.97. The highest BCUT2D eigenvalue weighted by Gasteiger charge is 2.23. The number of amidine groups is 1. The van der Waals surface area contributed by atoms with Crippen molar-refractivity contribution in [2.75, 3.05) is 0 Å². The third kappa shape index (κ3) is 6.27. The molecule has 0 aliphatic heterocycles. The molecule has 2 heterocycles. The summed E-state index contributed by atoms with van der Waals surface area (Å²) in [6.45, 7) is 6.46. The Morgan fingerprint density at radius 3 is 2.20 bits per heavy atom.